The maximum atomic E-state index is 15.2. The predicted molar refractivity (Wildman–Crippen MR) is 192 cm³/mol. The summed E-state index contributed by atoms with van der Waals surface area (Å²) in [5.41, 5.74) is 4.50. The van der Waals surface area contributed by atoms with E-state index in [1.54, 1.807) is 34.9 Å². The summed E-state index contributed by atoms with van der Waals surface area (Å²) in [5.74, 6) is 1.12. The minimum atomic E-state index is -1.10. The molecule has 1 saturated carbocycles. The second kappa shape index (κ2) is 13.2. The minimum Gasteiger partial charge on any atom is -0.378 e. The molecule has 7 nitrogen and oxygen atoms in total. The number of halogens is 1. The second-order valence-corrected chi connectivity index (χ2v) is 15.4. The number of carbonyl (C=O) groups is 2. The molecule has 7 rings (SSSR count). The Morgan fingerprint density at radius 1 is 1.00 bits per heavy atom. The fourth-order valence-electron chi connectivity index (χ4n) is 8.12. The van der Waals surface area contributed by atoms with Gasteiger partial charge in [0, 0.05) is 59.6 Å². The molecule has 2 N–H and O–H groups in total. The number of para-hydroxylation sites is 1. The second-order valence-electron chi connectivity index (χ2n) is 14.1. The van der Waals surface area contributed by atoms with Gasteiger partial charge in [-0.25, -0.2) is 4.39 Å². The molecule has 0 unspecified atom stereocenters. The highest BCUT2D eigenvalue weighted by Crippen LogP contribution is 2.67. The van der Waals surface area contributed by atoms with E-state index in [2.05, 4.69) is 54.2 Å². The van der Waals surface area contributed by atoms with Gasteiger partial charge in [-0.15, -0.1) is 0 Å². The number of morpholine rings is 1. The number of anilines is 2. The molecule has 0 spiro atoms. The van der Waals surface area contributed by atoms with Crippen molar-refractivity contribution in [2.45, 2.75) is 58.0 Å². The van der Waals surface area contributed by atoms with Gasteiger partial charge in [0.15, 0.2) is 0 Å². The molecule has 2 atom stereocenters. The molecule has 1 aromatic heterocycles. The highest BCUT2D eigenvalue weighted by Gasteiger charge is 2.60. The number of hydrogen-bond acceptors (Lipinski definition) is 5. The molecule has 2 saturated heterocycles. The summed E-state index contributed by atoms with van der Waals surface area (Å²) in [4.78, 5) is 36.8. The van der Waals surface area contributed by atoms with Crippen LogP contribution in [0.1, 0.15) is 55.8 Å². The zero-order chi connectivity index (χ0) is 33.5. The van der Waals surface area contributed by atoms with E-state index in [1.807, 2.05) is 30.3 Å². The van der Waals surface area contributed by atoms with E-state index in [0.29, 0.717) is 43.7 Å². The molecule has 48 heavy (non-hydrogen) atoms. The fraction of sp³-hybridized carbons (Fsp3) is 0.436. The standard InChI is InChI=1S/C39H45FN4O3S/c1-26-35(30-9-5-7-11-33(30)41-26)36-31(38(36,2)3)24-34(45)44(25-27-8-4-6-10-32(27)40)39(16-22-48-23-17-39)37(46)42-28-12-14-29(15-13-28)43-18-20-47-21-19-43/h4-15,31,36,41H,16-25H2,1-3H3,(H,42,46)/t31-,36+/m1/s1. The summed E-state index contributed by atoms with van der Waals surface area (Å²) in [6, 6.07) is 22.8. The molecule has 2 aliphatic heterocycles. The number of aromatic amines is 1. The van der Waals surface area contributed by atoms with E-state index in [-0.39, 0.29) is 41.4 Å². The maximum absolute atomic E-state index is 15.2. The number of benzene rings is 3. The highest BCUT2D eigenvalue weighted by molar-refractivity contribution is 7.99. The van der Waals surface area contributed by atoms with Crippen molar-refractivity contribution >= 4 is 45.9 Å². The number of carbonyl (C=O) groups excluding carboxylic acids is 2. The number of aryl methyl sites for hydroxylation is 1. The van der Waals surface area contributed by atoms with Gasteiger partial charge in [0.25, 0.3) is 0 Å². The van der Waals surface area contributed by atoms with Crippen molar-refractivity contribution in [3.63, 3.8) is 0 Å². The average Bonchev–Trinajstić information content (AvgIpc) is 3.45. The molecule has 3 aromatic carbocycles. The van der Waals surface area contributed by atoms with Crippen LogP contribution in [-0.4, -0.2) is 65.0 Å². The minimum absolute atomic E-state index is 0.0451. The lowest BCUT2D eigenvalue weighted by Crippen LogP contribution is -2.60. The van der Waals surface area contributed by atoms with Crippen LogP contribution in [0.2, 0.25) is 0 Å². The molecule has 0 bridgehead atoms. The topological polar surface area (TPSA) is 77.7 Å². The predicted octanol–water partition coefficient (Wildman–Crippen LogP) is 7.52. The van der Waals surface area contributed by atoms with Gasteiger partial charge in [-0.2, -0.15) is 11.8 Å². The molecular weight excluding hydrogens is 624 g/mol. The zero-order valence-corrected chi connectivity index (χ0v) is 28.9. The van der Waals surface area contributed by atoms with Crippen molar-refractivity contribution in [2.24, 2.45) is 11.3 Å². The number of rotatable bonds is 9. The first-order chi connectivity index (χ1) is 23.2. The summed E-state index contributed by atoms with van der Waals surface area (Å²) in [6.45, 7) is 9.69. The van der Waals surface area contributed by atoms with Crippen molar-refractivity contribution in [3.05, 3.63) is 95.4 Å². The molecule has 1 aliphatic carbocycles. The third-order valence-electron chi connectivity index (χ3n) is 11.0. The molecule has 3 heterocycles. The Labute approximate surface area is 286 Å². The first kappa shape index (κ1) is 32.7. The Kier molecular flexibility index (Phi) is 9.02. The van der Waals surface area contributed by atoms with Gasteiger partial charge in [-0.1, -0.05) is 50.2 Å². The van der Waals surface area contributed by atoms with Gasteiger partial charge < -0.3 is 24.8 Å². The van der Waals surface area contributed by atoms with Gasteiger partial charge in [0.05, 0.1) is 13.2 Å². The van der Waals surface area contributed by atoms with Crippen LogP contribution in [0.5, 0.6) is 0 Å². The number of ether oxygens (including phenoxy) is 1. The van der Waals surface area contributed by atoms with Crippen molar-refractivity contribution < 1.29 is 18.7 Å². The van der Waals surface area contributed by atoms with Crippen LogP contribution in [0.3, 0.4) is 0 Å². The van der Waals surface area contributed by atoms with E-state index < -0.39 is 5.54 Å². The Bertz CT molecular complexity index is 1790. The van der Waals surface area contributed by atoms with Crippen LogP contribution in [0.4, 0.5) is 15.8 Å². The first-order valence-corrected chi connectivity index (χ1v) is 18.3. The molecule has 252 valence electrons. The summed E-state index contributed by atoms with van der Waals surface area (Å²) in [5, 5.41) is 4.38. The van der Waals surface area contributed by atoms with Crippen molar-refractivity contribution in [3.8, 4) is 0 Å². The SMILES string of the molecule is Cc1[nH]c2ccccc2c1[C@@H]1[C@@H](CC(=O)N(Cc2ccccc2F)C2(C(=O)Nc3ccc(N4CCOCC4)cc3)CCSCC2)C1(C)C. The van der Waals surface area contributed by atoms with Crippen LogP contribution in [-0.2, 0) is 20.9 Å². The number of H-pyrrole nitrogens is 1. The van der Waals surface area contributed by atoms with Crippen molar-refractivity contribution in [1.29, 1.82) is 0 Å². The molecule has 2 amide bonds. The number of nitrogens with one attached hydrogen (secondary N) is 2. The number of aromatic nitrogens is 1. The summed E-state index contributed by atoms with van der Waals surface area (Å²) in [7, 11) is 0. The largest absolute Gasteiger partial charge is 0.378 e. The summed E-state index contributed by atoms with van der Waals surface area (Å²) >= 11 is 1.79. The van der Waals surface area contributed by atoms with Crippen molar-refractivity contribution in [2.75, 3.05) is 48.0 Å². The molecule has 0 radical (unpaired) electrons. The van der Waals surface area contributed by atoms with Crippen LogP contribution in [0, 0.1) is 24.1 Å². The summed E-state index contributed by atoms with van der Waals surface area (Å²) in [6.07, 6.45) is 1.31. The van der Waals surface area contributed by atoms with Gasteiger partial charge >= 0.3 is 0 Å². The van der Waals surface area contributed by atoms with Crippen LogP contribution in [0.15, 0.2) is 72.8 Å². The van der Waals surface area contributed by atoms with Crippen LogP contribution < -0.4 is 10.2 Å². The maximum Gasteiger partial charge on any atom is 0.250 e. The summed E-state index contributed by atoms with van der Waals surface area (Å²) < 4.78 is 20.7. The Morgan fingerprint density at radius 3 is 2.42 bits per heavy atom. The van der Waals surface area contributed by atoms with Gasteiger partial charge in [-0.3, -0.25) is 9.59 Å². The highest BCUT2D eigenvalue weighted by atomic mass is 32.2. The van der Waals surface area contributed by atoms with Crippen molar-refractivity contribution in [1.82, 2.24) is 9.88 Å². The third-order valence-corrected chi connectivity index (χ3v) is 12.0. The molecular formula is C39H45FN4O3S. The molecule has 4 aromatic rings. The van der Waals surface area contributed by atoms with E-state index in [0.717, 1.165) is 41.5 Å². The fourth-order valence-corrected chi connectivity index (χ4v) is 9.29. The molecule has 9 heteroatoms. The van der Waals surface area contributed by atoms with Crippen LogP contribution in [0.25, 0.3) is 10.9 Å². The number of thioether (sulfide) groups is 1. The van der Waals surface area contributed by atoms with Gasteiger partial charge in [0.2, 0.25) is 11.8 Å². The third kappa shape index (κ3) is 6.11. The Balaban J connectivity index is 1.18. The van der Waals surface area contributed by atoms with E-state index >= 15 is 4.39 Å². The quantitative estimate of drug-likeness (QED) is 0.193. The monoisotopic (exact) mass is 668 g/mol. The number of fused-ring (bicyclic) bond motifs is 1. The van der Waals surface area contributed by atoms with Gasteiger partial charge in [-0.05, 0) is 90.5 Å². The smallest absolute Gasteiger partial charge is 0.250 e. The van der Waals surface area contributed by atoms with E-state index in [4.69, 9.17) is 4.74 Å². The van der Waals surface area contributed by atoms with Gasteiger partial charge in [0.1, 0.15) is 11.4 Å². The number of amides is 2. The van der Waals surface area contributed by atoms with E-state index in [9.17, 15) is 9.59 Å². The Hall–Kier alpha value is -3.82. The lowest BCUT2D eigenvalue weighted by molar-refractivity contribution is -0.147. The first-order valence-electron chi connectivity index (χ1n) is 17.1. The average molecular weight is 669 g/mol. The number of nitrogens with zero attached hydrogens (tertiary/aromatic N) is 2. The number of hydrogen-bond donors (Lipinski definition) is 2. The molecule has 3 aliphatic rings. The lowest BCUT2D eigenvalue weighted by atomic mass is 9.87. The lowest BCUT2D eigenvalue weighted by Gasteiger charge is -2.45. The normalized spacial score (nSPS) is 21.5. The van der Waals surface area contributed by atoms with Crippen LogP contribution >= 0.6 is 11.8 Å². The van der Waals surface area contributed by atoms with E-state index in [1.165, 1.54) is 17.0 Å². The Morgan fingerprint density at radius 2 is 1.69 bits per heavy atom. The molecule has 3 fully saturated rings. The zero-order valence-electron chi connectivity index (χ0n) is 28.1.